The molecule has 2 amide bonds. The fraction of sp³-hybridized carbons (Fsp3) is 0.238. The van der Waals surface area contributed by atoms with Crippen LogP contribution in [0.4, 0.5) is 11.4 Å². The summed E-state index contributed by atoms with van der Waals surface area (Å²) in [4.78, 5) is 25.1. The van der Waals surface area contributed by atoms with E-state index >= 15 is 0 Å². The third-order valence-corrected chi connectivity index (χ3v) is 5.27. The van der Waals surface area contributed by atoms with Crippen molar-refractivity contribution in [2.45, 2.75) is 20.8 Å². The lowest BCUT2D eigenvalue weighted by Crippen LogP contribution is -2.40. The summed E-state index contributed by atoms with van der Waals surface area (Å²) in [7, 11) is 3.53. The van der Waals surface area contributed by atoms with Gasteiger partial charge < -0.3 is 9.73 Å². The van der Waals surface area contributed by atoms with Crippen molar-refractivity contribution in [1.82, 2.24) is 5.01 Å². The number of hydrogen-bond donors (Lipinski definition) is 1. The highest BCUT2D eigenvalue weighted by Crippen LogP contribution is 2.36. The van der Waals surface area contributed by atoms with E-state index in [4.69, 9.17) is 27.6 Å². The van der Waals surface area contributed by atoms with Gasteiger partial charge in [0.15, 0.2) is 5.58 Å². The molecule has 0 fully saturated rings. The Labute approximate surface area is 178 Å². The molecule has 0 saturated carbocycles. The molecule has 1 N–H and O–H groups in total. The third kappa shape index (κ3) is 3.96. The average molecular weight is 434 g/mol. The quantitative estimate of drug-likeness (QED) is 0.556. The third-order valence-electron chi connectivity index (χ3n) is 4.64. The Morgan fingerprint density at radius 2 is 1.69 bits per heavy atom. The molecule has 2 aromatic carbocycles. The first-order valence-corrected chi connectivity index (χ1v) is 9.64. The van der Waals surface area contributed by atoms with Crippen molar-refractivity contribution in [3.05, 3.63) is 57.3 Å². The SMILES string of the molecule is CC(=O)N(c1cc(NC(=O)c2c(Cl)cccc2Cl)c2oc(C)c(C)c2c1)N(C)C. The topological polar surface area (TPSA) is 65.8 Å². The number of fused-ring (bicyclic) bond motifs is 1. The van der Waals surface area contributed by atoms with Crippen molar-refractivity contribution in [3.8, 4) is 0 Å². The average Bonchev–Trinajstić information content (AvgIpc) is 2.89. The summed E-state index contributed by atoms with van der Waals surface area (Å²) in [5.41, 5.74) is 2.63. The lowest BCUT2D eigenvalue weighted by atomic mass is 10.1. The molecule has 0 bridgehead atoms. The van der Waals surface area contributed by atoms with E-state index in [2.05, 4.69) is 5.32 Å². The van der Waals surface area contributed by atoms with Gasteiger partial charge in [-0.2, -0.15) is 0 Å². The van der Waals surface area contributed by atoms with Crippen LogP contribution >= 0.6 is 23.2 Å². The summed E-state index contributed by atoms with van der Waals surface area (Å²) in [5, 5.41) is 7.29. The molecule has 0 aliphatic carbocycles. The monoisotopic (exact) mass is 433 g/mol. The Morgan fingerprint density at radius 1 is 1.07 bits per heavy atom. The lowest BCUT2D eigenvalue weighted by molar-refractivity contribution is -0.118. The van der Waals surface area contributed by atoms with Crippen LogP contribution in [0, 0.1) is 13.8 Å². The van der Waals surface area contributed by atoms with Crippen LogP contribution in [0.25, 0.3) is 11.0 Å². The Bertz CT molecular complexity index is 1100. The van der Waals surface area contributed by atoms with E-state index in [9.17, 15) is 9.59 Å². The summed E-state index contributed by atoms with van der Waals surface area (Å²) in [5.74, 6) is 0.0891. The molecule has 3 aromatic rings. The smallest absolute Gasteiger partial charge is 0.258 e. The van der Waals surface area contributed by atoms with Gasteiger partial charge in [0.25, 0.3) is 5.91 Å². The fourth-order valence-corrected chi connectivity index (χ4v) is 3.80. The molecule has 8 heteroatoms. The molecule has 1 heterocycles. The van der Waals surface area contributed by atoms with Gasteiger partial charge in [-0.05, 0) is 43.7 Å². The predicted molar refractivity (Wildman–Crippen MR) is 117 cm³/mol. The number of hydrazine groups is 1. The molecule has 0 spiro atoms. The van der Waals surface area contributed by atoms with Gasteiger partial charge >= 0.3 is 0 Å². The number of nitrogens with zero attached hydrogens (tertiary/aromatic N) is 2. The number of hydrogen-bond acceptors (Lipinski definition) is 4. The first kappa shape index (κ1) is 21.2. The second-order valence-corrected chi connectivity index (χ2v) is 7.70. The highest BCUT2D eigenvalue weighted by atomic mass is 35.5. The number of carbonyl (C=O) groups excluding carboxylic acids is 2. The molecule has 1 aromatic heterocycles. The van der Waals surface area contributed by atoms with E-state index in [1.54, 1.807) is 43.4 Å². The molecule has 0 atom stereocenters. The zero-order valence-electron chi connectivity index (χ0n) is 16.8. The van der Waals surface area contributed by atoms with Crippen molar-refractivity contribution in [1.29, 1.82) is 0 Å². The first-order valence-electron chi connectivity index (χ1n) is 8.88. The number of aryl methyl sites for hydroxylation is 2. The second-order valence-electron chi connectivity index (χ2n) is 6.88. The minimum atomic E-state index is -0.468. The van der Waals surface area contributed by atoms with E-state index < -0.39 is 5.91 Å². The highest BCUT2D eigenvalue weighted by Gasteiger charge is 2.22. The van der Waals surface area contributed by atoms with Gasteiger partial charge in [0.05, 0.1) is 27.0 Å². The summed E-state index contributed by atoms with van der Waals surface area (Å²) >= 11 is 12.3. The molecule has 0 unspecified atom stereocenters. The van der Waals surface area contributed by atoms with Crippen molar-refractivity contribution < 1.29 is 14.0 Å². The van der Waals surface area contributed by atoms with Gasteiger partial charge in [-0.15, -0.1) is 0 Å². The maximum Gasteiger partial charge on any atom is 0.258 e. The number of furan rings is 1. The number of carbonyl (C=O) groups is 2. The maximum atomic E-state index is 12.9. The summed E-state index contributed by atoms with van der Waals surface area (Å²) in [6.45, 7) is 5.24. The number of rotatable bonds is 4. The van der Waals surface area contributed by atoms with Gasteiger partial charge in [0, 0.05) is 26.4 Å². The molecule has 152 valence electrons. The lowest BCUT2D eigenvalue weighted by Gasteiger charge is -2.28. The van der Waals surface area contributed by atoms with E-state index in [0.717, 1.165) is 16.7 Å². The Kier molecular flexibility index (Phi) is 5.89. The number of benzene rings is 2. The second kappa shape index (κ2) is 8.06. The van der Waals surface area contributed by atoms with E-state index in [0.29, 0.717) is 17.0 Å². The van der Waals surface area contributed by atoms with Gasteiger partial charge in [0.1, 0.15) is 5.76 Å². The molecular weight excluding hydrogens is 413 g/mol. The molecule has 0 saturated heterocycles. The van der Waals surface area contributed by atoms with Crippen molar-refractivity contribution in [2.75, 3.05) is 24.4 Å². The van der Waals surface area contributed by atoms with Gasteiger partial charge in [-0.25, -0.2) is 10.0 Å². The number of halogens is 2. The summed E-state index contributed by atoms with van der Waals surface area (Å²) in [6.07, 6.45) is 0. The van der Waals surface area contributed by atoms with Gasteiger partial charge in [0.2, 0.25) is 5.91 Å². The van der Waals surface area contributed by atoms with E-state index in [1.165, 1.54) is 11.9 Å². The van der Waals surface area contributed by atoms with Crippen LogP contribution in [0.5, 0.6) is 0 Å². The van der Waals surface area contributed by atoms with Gasteiger partial charge in [-0.1, -0.05) is 29.3 Å². The zero-order chi connectivity index (χ0) is 21.5. The standard InChI is InChI=1S/C21H21Cl2N3O3/c1-11-12(2)29-20-15(11)9-14(26(13(3)27)25(4)5)10-18(20)24-21(28)19-16(22)7-6-8-17(19)23/h6-10H,1-5H3,(H,24,28). The van der Waals surface area contributed by atoms with Gasteiger partial charge in [-0.3, -0.25) is 9.59 Å². The highest BCUT2D eigenvalue weighted by molar-refractivity contribution is 6.40. The van der Waals surface area contributed by atoms with Crippen LogP contribution in [0.15, 0.2) is 34.7 Å². The molecular formula is C21H21Cl2N3O3. The predicted octanol–water partition coefficient (Wildman–Crippen LogP) is 5.44. The summed E-state index contributed by atoms with van der Waals surface area (Å²) < 4.78 is 5.89. The van der Waals surface area contributed by atoms with Crippen LogP contribution in [-0.2, 0) is 4.79 Å². The first-order chi connectivity index (χ1) is 13.6. The van der Waals surface area contributed by atoms with Crippen molar-refractivity contribution in [2.24, 2.45) is 0 Å². The molecule has 0 radical (unpaired) electrons. The van der Waals surface area contributed by atoms with Crippen molar-refractivity contribution in [3.63, 3.8) is 0 Å². The van der Waals surface area contributed by atoms with E-state index in [-0.39, 0.29) is 21.5 Å². The molecule has 0 aliphatic rings. The Morgan fingerprint density at radius 3 is 2.24 bits per heavy atom. The van der Waals surface area contributed by atoms with E-state index in [1.807, 2.05) is 19.9 Å². The van der Waals surface area contributed by atoms with Crippen LogP contribution < -0.4 is 10.3 Å². The molecule has 3 rings (SSSR count). The van der Waals surface area contributed by atoms with Crippen LogP contribution in [-0.4, -0.2) is 30.9 Å². The molecule has 0 aliphatic heterocycles. The Balaban J connectivity index is 2.17. The number of amides is 2. The van der Waals surface area contributed by atoms with Crippen LogP contribution in [0.2, 0.25) is 10.0 Å². The Hall–Kier alpha value is -2.54. The normalized spacial score (nSPS) is 11.2. The molecule has 29 heavy (non-hydrogen) atoms. The van der Waals surface area contributed by atoms with Crippen LogP contribution in [0.1, 0.15) is 28.6 Å². The molecule has 6 nitrogen and oxygen atoms in total. The minimum Gasteiger partial charge on any atom is -0.459 e. The maximum absolute atomic E-state index is 12.9. The zero-order valence-corrected chi connectivity index (χ0v) is 18.3. The van der Waals surface area contributed by atoms with Crippen LogP contribution in [0.3, 0.4) is 0 Å². The summed E-state index contributed by atoms with van der Waals surface area (Å²) in [6, 6.07) is 8.41. The number of anilines is 2. The number of nitrogens with one attached hydrogen (secondary N) is 1. The fourth-order valence-electron chi connectivity index (χ4n) is 3.23. The largest absolute Gasteiger partial charge is 0.459 e. The van der Waals surface area contributed by atoms with Crippen molar-refractivity contribution >= 4 is 57.4 Å². The minimum absolute atomic E-state index is 0.168.